The zero-order valence-corrected chi connectivity index (χ0v) is 17.4. The predicted molar refractivity (Wildman–Crippen MR) is 109 cm³/mol. The number of rotatable bonds is 5. The molecule has 8 heteroatoms. The lowest BCUT2D eigenvalue weighted by Gasteiger charge is -2.20. The molecule has 4 aliphatic heterocycles. The Balaban J connectivity index is 1.12. The van der Waals surface area contributed by atoms with Crippen molar-refractivity contribution in [2.24, 2.45) is 0 Å². The average molecular weight is 415 g/mol. The number of hydrogen-bond donors (Lipinski definition) is 0. The van der Waals surface area contributed by atoms with E-state index in [0.29, 0.717) is 0 Å². The van der Waals surface area contributed by atoms with Crippen molar-refractivity contribution in [1.82, 2.24) is 0 Å². The van der Waals surface area contributed by atoms with Crippen LogP contribution in [0.3, 0.4) is 0 Å². The lowest BCUT2D eigenvalue weighted by atomic mass is 10.3. The lowest BCUT2D eigenvalue weighted by Crippen LogP contribution is -2.17. The highest BCUT2D eigenvalue weighted by molar-refractivity contribution is 8.21. The molecule has 0 aliphatic carbocycles. The first-order chi connectivity index (χ1) is 10.8. The SMILES string of the molecule is C1CSC2(CC(SCCSC3COC4(C3)SCCS4)CS2)O1. The fraction of sp³-hybridized carbons (Fsp3) is 1.00. The van der Waals surface area contributed by atoms with Crippen LogP contribution in [0.2, 0.25) is 0 Å². The molecule has 0 N–H and O–H groups in total. The predicted octanol–water partition coefficient (Wildman–Crippen LogP) is 4.30. The van der Waals surface area contributed by atoms with Crippen LogP contribution >= 0.6 is 70.6 Å². The number of thioether (sulfide) groups is 6. The Morgan fingerprint density at radius 3 is 2.27 bits per heavy atom. The topological polar surface area (TPSA) is 18.5 Å². The molecule has 0 saturated carbocycles. The first-order valence-electron chi connectivity index (χ1n) is 7.85. The molecule has 4 fully saturated rings. The highest BCUT2D eigenvalue weighted by Gasteiger charge is 2.45. The van der Waals surface area contributed by atoms with Gasteiger partial charge in [-0.25, -0.2) is 0 Å². The van der Waals surface area contributed by atoms with Crippen LogP contribution in [-0.2, 0) is 9.47 Å². The molecule has 126 valence electrons. The monoisotopic (exact) mass is 414 g/mol. The van der Waals surface area contributed by atoms with Crippen LogP contribution in [0.4, 0.5) is 0 Å². The van der Waals surface area contributed by atoms with E-state index in [-0.39, 0.29) is 8.53 Å². The summed E-state index contributed by atoms with van der Waals surface area (Å²) in [6, 6.07) is 0. The van der Waals surface area contributed by atoms with Crippen molar-refractivity contribution in [3.8, 4) is 0 Å². The van der Waals surface area contributed by atoms with Gasteiger partial charge < -0.3 is 9.47 Å². The van der Waals surface area contributed by atoms with Crippen molar-refractivity contribution >= 4 is 70.6 Å². The molecule has 2 spiro atoms. The summed E-state index contributed by atoms with van der Waals surface area (Å²) in [6.07, 6.45) is 2.48. The van der Waals surface area contributed by atoms with Gasteiger partial charge in [0, 0.05) is 57.9 Å². The van der Waals surface area contributed by atoms with Crippen molar-refractivity contribution < 1.29 is 9.47 Å². The maximum absolute atomic E-state index is 6.08. The Morgan fingerprint density at radius 1 is 0.818 bits per heavy atom. The number of hydrogen-bond acceptors (Lipinski definition) is 8. The van der Waals surface area contributed by atoms with Crippen molar-refractivity contribution in [1.29, 1.82) is 0 Å². The van der Waals surface area contributed by atoms with Crippen molar-refractivity contribution in [2.45, 2.75) is 31.9 Å². The molecular formula is C14H22O2S6. The molecule has 4 rings (SSSR count). The average Bonchev–Trinajstić information content (AvgIpc) is 3.30. The van der Waals surface area contributed by atoms with E-state index in [9.17, 15) is 0 Å². The summed E-state index contributed by atoms with van der Waals surface area (Å²) in [7, 11) is 0. The molecule has 0 aromatic carbocycles. The molecule has 4 aliphatic rings. The molecule has 4 heterocycles. The van der Waals surface area contributed by atoms with Gasteiger partial charge in [0.05, 0.1) is 13.2 Å². The molecule has 2 nitrogen and oxygen atoms in total. The normalized spacial score (nSPS) is 40.4. The summed E-state index contributed by atoms with van der Waals surface area (Å²) in [5, 5.41) is 1.51. The quantitative estimate of drug-likeness (QED) is 0.612. The Bertz CT molecular complexity index is 348. The zero-order valence-electron chi connectivity index (χ0n) is 12.5. The first-order valence-corrected chi connectivity index (χ1v) is 13.9. The van der Waals surface area contributed by atoms with Crippen molar-refractivity contribution in [3.63, 3.8) is 0 Å². The summed E-state index contributed by atoms with van der Waals surface area (Å²) in [5.41, 5.74) is 0. The van der Waals surface area contributed by atoms with Crippen LogP contribution in [0, 0.1) is 0 Å². The highest BCUT2D eigenvalue weighted by Crippen LogP contribution is 2.54. The Labute approximate surface area is 158 Å². The van der Waals surface area contributed by atoms with E-state index in [4.69, 9.17) is 9.47 Å². The van der Waals surface area contributed by atoms with Gasteiger partial charge in [-0.1, -0.05) is 0 Å². The van der Waals surface area contributed by atoms with Crippen LogP contribution in [-0.4, -0.2) is 66.8 Å². The fourth-order valence-corrected chi connectivity index (χ4v) is 12.3. The van der Waals surface area contributed by atoms with Gasteiger partial charge >= 0.3 is 0 Å². The van der Waals surface area contributed by atoms with Gasteiger partial charge in [-0.3, -0.25) is 0 Å². The summed E-state index contributed by atoms with van der Waals surface area (Å²) in [4.78, 5) is 0. The summed E-state index contributed by atoms with van der Waals surface area (Å²) < 4.78 is 12.3. The second-order valence-corrected chi connectivity index (χ2v) is 14.5. The molecular weight excluding hydrogens is 393 g/mol. The Hall–Kier alpha value is 2.02. The van der Waals surface area contributed by atoms with Crippen LogP contribution in [0.5, 0.6) is 0 Å². The summed E-state index contributed by atoms with van der Waals surface area (Å²) in [5.74, 6) is 7.52. The first kappa shape index (κ1) is 17.4. The summed E-state index contributed by atoms with van der Waals surface area (Å²) in [6.45, 7) is 1.91. The van der Waals surface area contributed by atoms with Crippen molar-refractivity contribution in [3.05, 3.63) is 0 Å². The highest BCUT2D eigenvalue weighted by atomic mass is 32.2. The minimum atomic E-state index is 0.132. The van der Waals surface area contributed by atoms with Gasteiger partial charge in [-0.05, 0) is 0 Å². The summed E-state index contributed by atoms with van der Waals surface area (Å²) >= 11 is 12.4. The Morgan fingerprint density at radius 2 is 1.50 bits per heavy atom. The van der Waals surface area contributed by atoms with Gasteiger partial charge in [0.2, 0.25) is 0 Å². The van der Waals surface area contributed by atoms with E-state index in [2.05, 4.69) is 23.5 Å². The molecule has 0 radical (unpaired) electrons. The molecule has 0 aromatic heterocycles. The van der Waals surface area contributed by atoms with E-state index >= 15 is 0 Å². The van der Waals surface area contributed by atoms with E-state index in [0.717, 1.165) is 23.7 Å². The lowest BCUT2D eigenvalue weighted by molar-refractivity contribution is 0.118. The third-order valence-corrected chi connectivity index (χ3v) is 13.4. The largest absolute Gasteiger partial charge is 0.354 e. The maximum Gasteiger partial charge on any atom is 0.161 e. The van der Waals surface area contributed by atoms with Crippen LogP contribution in [0.25, 0.3) is 0 Å². The maximum atomic E-state index is 6.08. The number of ether oxygens (including phenoxy) is 2. The van der Waals surface area contributed by atoms with Crippen LogP contribution in [0.15, 0.2) is 0 Å². The molecule has 3 atom stereocenters. The molecule has 3 unspecified atom stereocenters. The third kappa shape index (κ3) is 4.05. The smallest absolute Gasteiger partial charge is 0.161 e. The third-order valence-electron chi connectivity index (χ3n) is 4.18. The second-order valence-electron chi connectivity index (χ2n) is 5.78. The van der Waals surface area contributed by atoms with E-state index in [1.807, 2.05) is 47.0 Å². The van der Waals surface area contributed by atoms with Crippen LogP contribution < -0.4 is 0 Å². The van der Waals surface area contributed by atoms with Gasteiger partial charge in [-0.15, -0.1) is 47.0 Å². The minimum Gasteiger partial charge on any atom is -0.354 e. The minimum absolute atomic E-state index is 0.132. The van der Waals surface area contributed by atoms with Gasteiger partial charge in [0.15, 0.2) is 8.53 Å². The van der Waals surface area contributed by atoms with Gasteiger partial charge in [-0.2, -0.15) is 23.5 Å². The molecule has 0 amide bonds. The van der Waals surface area contributed by atoms with Gasteiger partial charge in [0.1, 0.15) is 0 Å². The van der Waals surface area contributed by atoms with Gasteiger partial charge in [0.25, 0.3) is 0 Å². The van der Waals surface area contributed by atoms with E-state index < -0.39 is 0 Å². The van der Waals surface area contributed by atoms with Crippen molar-refractivity contribution in [2.75, 3.05) is 47.7 Å². The van der Waals surface area contributed by atoms with E-state index in [1.54, 1.807) is 0 Å². The molecule has 4 saturated heterocycles. The van der Waals surface area contributed by atoms with Crippen LogP contribution in [0.1, 0.15) is 12.8 Å². The second kappa shape index (κ2) is 7.72. The molecule has 22 heavy (non-hydrogen) atoms. The fourth-order valence-electron chi connectivity index (χ4n) is 3.15. The Kier molecular flexibility index (Phi) is 6.12. The molecule has 0 aromatic rings. The standard InChI is InChI=1S/C14H22O2S6/c1-2-19-13(15-1)8-12(10-22-13)18-4-3-17-11-7-14(16-9-11)20-5-6-21-14/h11-12H,1-10H2. The zero-order chi connectivity index (χ0) is 14.9. The molecule has 0 bridgehead atoms. The van der Waals surface area contributed by atoms with E-state index in [1.165, 1.54) is 47.4 Å².